The maximum absolute atomic E-state index is 14.6. The summed E-state index contributed by atoms with van der Waals surface area (Å²) in [6.07, 6.45) is 4.29. The van der Waals surface area contributed by atoms with E-state index in [0.717, 1.165) is 31.5 Å². The fourth-order valence-corrected chi connectivity index (χ4v) is 3.33. The summed E-state index contributed by atoms with van der Waals surface area (Å²) >= 11 is 0. The Balaban J connectivity index is 1.44. The maximum atomic E-state index is 14.6. The molecule has 0 aliphatic carbocycles. The van der Waals surface area contributed by atoms with Crippen molar-refractivity contribution in [2.45, 2.75) is 38.5 Å². The predicted molar refractivity (Wildman–Crippen MR) is 99.8 cm³/mol. The fourth-order valence-electron chi connectivity index (χ4n) is 3.33. The first-order valence-electron chi connectivity index (χ1n) is 9.08. The minimum atomic E-state index is -0.0747. The van der Waals surface area contributed by atoms with Crippen LogP contribution in [0.2, 0.25) is 0 Å². The van der Waals surface area contributed by atoms with Crippen molar-refractivity contribution >= 4 is 0 Å². The molecular formula is C22H26FNO. The van der Waals surface area contributed by atoms with Crippen molar-refractivity contribution in [2.24, 2.45) is 0 Å². The summed E-state index contributed by atoms with van der Waals surface area (Å²) in [5.74, 6) is -0.00302. The highest BCUT2D eigenvalue weighted by Crippen LogP contribution is 2.26. The Morgan fingerprint density at radius 1 is 1.04 bits per heavy atom. The fraction of sp³-hybridized carbons (Fsp3) is 0.364. The van der Waals surface area contributed by atoms with Gasteiger partial charge in [-0.05, 0) is 43.0 Å². The van der Waals surface area contributed by atoms with Gasteiger partial charge in [0.1, 0.15) is 5.83 Å². The van der Waals surface area contributed by atoms with Gasteiger partial charge in [0, 0.05) is 6.54 Å². The number of nitrogens with zero attached hydrogens (tertiary/aromatic N) is 1. The number of halogens is 1. The van der Waals surface area contributed by atoms with E-state index in [9.17, 15) is 4.39 Å². The van der Waals surface area contributed by atoms with E-state index in [1.54, 1.807) is 6.08 Å². The molecule has 1 fully saturated rings. The molecular weight excluding hydrogens is 313 g/mol. The zero-order valence-electron chi connectivity index (χ0n) is 14.6. The Bertz CT molecular complexity index is 656. The van der Waals surface area contributed by atoms with E-state index < -0.39 is 0 Å². The first-order valence-corrected chi connectivity index (χ1v) is 9.08. The molecule has 1 aliphatic rings. The van der Waals surface area contributed by atoms with Crippen molar-refractivity contribution in [3.63, 3.8) is 0 Å². The lowest BCUT2D eigenvalue weighted by Gasteiger charge is -2.23. The largest absolute Gasteiger partial charge is 0.376 e. The minimum absolute atomic E-state index is 0.00302. The van der Waals surface area contributed by atoms with Gasteiger partial charge in [-0.1, -0.05) is 60.7 Å². The van der Waals surface area contributed by atoms with Crippen molar-refractivity contribution in [3.05, 3.63) is 83.7 Å². The van der Waals surface area contributed by atoms with Crippen LogP contribution in [0.3, 0.4) is 0 Å². The van der Waals surface area contributed by atoms with E-state index >= 15 is 0 Å². The van der Waals surface area contributed by atoms with Crippen LogP contribution in [0.15, 0.2) is 72.6 Å². The second kappa shape index (κ2) is 9.50. The van der Waals surface area contributed by atoms with Gasteiger partial charge in [-0.2, -0.15) is 0 Å². The lowest BCUT2D eigenvalue weighted by molar-refractivity contribution is 0.124. The Kier molecular flexibility index (Phi) is 6.78. The van der Waals surface area contributed by atoms with Crippen LogP contribution in [0.5, 0.6) is 0 Å². The van der Waals surface area contributed by atoms with E-state index in [0.29, 0.717) is 19.6 Å². The third kappa shape index (κ3) is 5.52. The average Bonchev–Trinajstić information content (AvgIpc) is 3.11. The highest BCUT2D eigenvalue weighted by atomic mass is 19.1. The zero-order chi connectivity index (χ0) is 17.3. The van der Waals surface area contributed by atoms with Crippen LogP contribution >= 0.6 is 0 Å². The minimum Gasteiger partial charge on any atom is -0.376 e. The molecule has 25 heavy (non-hydrogen) atoms. The number of hydrogen-bond acceptors (Lipinski definition) is 2. The smallest absolute Gasteiger partial charge is 0.113 e. The molecule has 2 aromatic rings. The number of hydrogen-bond donors (Lipinski definition) is 0. The van der Waals surface area contributed by atoms with Crippen LogP contribution in [0.4, 0.5) is 4.39 Å². The summed E-state index contributed by atoms with van der Waals surface area (Å²) in [4.78, 5) is 2.24. The first-order chi connectivity index (χ1) is 12.3. The van der Waals surface area contributed by atoms with Crippen LogP contribution in [-0.4, -0.2) is 24.1 Å². The summed E-state index contributed by atoms with van der Waals surface area (Å²) in [6.45, 7) is 2.91. The lowest BCUT2D eigenvalue weighted by Crippen LogP contribution is -2.29. The molecule has 3 rings (SSSR count). The first kappa shape index (κ1) is 17.8. The maximum Gasteiger partial charge on any atom is 0.113 e. The Morgan fingerprint density at radius 3 is 2.44 bits per heavy atom. The van der Waals surface area contributed by atoms with Crippen molar-refractivity contribution in [3.8, 4) is 0 Å². The monoisotopic (exact) mass is 339 g/mol. The Labute approximate surface area is 149 Å². The molecule has 2 nitrogen and oxygen atoms in total. The zero-order valence-corrected chi connectivity index (χ0v) is 14.6. The molecule has 2 aromatic carbocycles. The van der Waals surface area contributed by atoms with E-state index in [4.69, 9.17) is 4.74 Å². The average molecular weight is 339 g/mol. The second-order valence-corrected chi connectivity index (χ2v) is 6.53. The van der Waals surface area contributed by atoms with Gasteiger partial charge in [-0.3, -0.25) is 4.90 Å². The van der Waals surface area contributed by atoms with Gasteiger partial charge < -0.3 is 4.74 Å². The molecule has 0 spiro atoms. The second-order valence-electron chi connectivity index (χ2n) is 6.53. The van der Waals surface area contributed by atoms with Crippen LogP contribution < -0.4 is 0 Å². The van der Waals surface area contributed by atoms with Crippen molar-refractivity contribution in [2.75, 3.05) is 13.2 Å². The quantitative estimate of drug-likeness (QED) is 0.620. The van der Waals surface area contributed by atoms with Crippen molar-refractivity contribution in [1.82, 2.24) is 4.90 Å². The standard InChI is InChI=1S/C22H26FNO/c23-21(13-8-16-25-18-20-11-5-2-6-12-20)22-14-7-15-24(22)17-19-9-3-1-4-10-19/h1-6,9-13,22H,7-8,14-18H2. The highest BCUT2D eigenvalue weighted by molar-refractivity contribution is 5.16. The van der Waals surface area contributed by atoms with Gasteiger partial charge in [-0.25, -0.2) is 4.39 Å². The molecule has 1 heterocycles. The topological polar surface area (TPSA) is 12.5 Å². The van der Waals surface area contributed by atoms with Crippen molar-refractivity contribution in [1.29, 1.82) is 0 Å². The molecule has 1 atom stereocenters. The molecule has 0 bridgehead atoms. The molecule has 132 valence electrons. The van der Waals surface area contributed by atoms with Crippen LogP contribution in [0.1, 0.15) is 30.4 Å². The molecule has 1 saturated heterocycles. The van der Waals surface area contributed by atoms with Gasteiger partial charge >= 0.3 is 0 Å². The van der Waals surface area contributed by atoms with E-state index in [1.807, 2.05) is 48.5 Å². The van der Waals surface area contributed by atoms with Crippen LogP contribution in [0, 0.1) is 0 Å². The molecule has 3 heteroatoms. The molecule has 1 unspecified atom stereocenters. The molecule has 0 N–H and O–H groups in total. The molecule has 0 saturated carbocycles. The summed E-state index contributed by atoms with van der Waals surface area (Å²) < 4.78 is 20.2. The highest BCUT2D eigenvalue weighted by Gasteiger charge is 2.27. The van der Waals surface area contributed by atoms with E-state index in [2.05, 4.69) is 17.0 Å². The Morgan fingerprint density at radius 2 is 1.72 bits per heavy atom. The van der Waals surface area contributed by atoms with E-state index in [1.165, 1.54) is 5.56 Å². The number of ether oxygens (including phenoxy) is 1. The molecule has 0 aromatic heterocycles. The summed E-state index contributed by atoms with van der Waals surface area (Å²) in [6, 6.07) is 20.3. The van der Waals surface area contributed by atoms with Gasteiger partial charge in [0.15, 0.2) is 0 Å². The molecule has 1 aliphatic heterocycles. The van der Waals surface area contributed by atoms with Crippen molar-refractivity contribution < 1.29 is 9.13 Å². The number of benzene rings is 2. The van der Waals surface area contributed by atoms with Crippen LogP contribution in [0.25, 0.3) is 0 Å². The third-order valence-electron chi connectivity index (χ3n) is 4.62. The van der Waals surface area contributed by atoms with Gasteiger partial charge in [0.2, 0.25) is 0 Å². The number of likely N-dealkylation sites (tertiary alicyclic amines) is 1. The van der Waals surface area contributed by atoms with Gasteiger partial charge in [-0.15, -0.1) is 0 Å². The normalized spacial score (nSPS) is 18.6. The third-order valence-corrected chi connectivity index (χ3v) is 4.62. The molecule has 0 radical (unpaired) electrons. The van der Waals surface area contributed by atoms with Gasteiger partial charge in [0.05, 0.1) is 19.3 Å². The Hall–Kier alpha value is -1.97. The predicted octanol–water partition coefficient (Wildman–Crippen LogP) is 5.11. The van der Waals surface area contributed by atoms with E-state index in [-0.39, 0.29) is 11.9 Å². The summed E-state index contributed by atoms with van der Waals surface area (Å²) in [7, 11) is 0. The molecule has 0 amide bonds. The summed E-state index contributed by atoms with van der Waals surface area (Å²) in [5.41, 5.74) is 2.39. The number of rotatable bonds is 8. The van der Waals surface area contributed by atoms with Gasteiger partial charge in [0.25, 0.3) is 0 Å². The summed E-state index contributed by atoms with van der Waals surface area (Å²) in [5, 5.41) is 0. The lowest BCUT2D eigenvalue weighted by atomic mass is 10.1. The SMILES string of the molecule is FC(=CCCOCc1ccccc1)C1CCCN1Cc1ccccc1. The van der Waals surface area contributed by atoms with Crippen LogP contribution in [-0.2, 0) is 17.9 Å².